The Hall–Kier alpha value is -1.22. The second-order valence-electron chi connectivity index (χ2n) is 15.4. The standard InChI is InChI=1S/C45H89NO7/c1-5-9-13-17-19-23-30-42(28-21-15-11-7-3)52-44(48)32-40-50-38-26-35-46(34-25-37-47)36-27-39-51-41-33-45(49)53-43(29-22-16-12-8-4)31-24-20-18-14-10-6-2/h42-43,47H,5-41H2,1-4H3. The van der Waals surface area contributed by atoms with E-state index in [9.17, 15) is 14.7 Å². The lowest BCUT2D eigenvalue weighted by atomic mass is 10.0. The minimum atomic E-state index is -0.135. The molecule has 0 aliphatic rings. The lowest BCUT2D eigenvalue weighted by molar-refractivity contribution is -0.152. The van der Waals surface area contributed by atoms with Gasteiger partial charge in [0, 0.05) is 39.5 Å². The van der Waals surface area contributed by atoms with Crippen LogP contribution < -0.4 is 0 Å². The first kappa shape index (κ1) is 51.8. The summed E-state index contributed by atoms with van der Waals surface area (Å²) < 4.78 is 23.5. The summed E-state index contributed by atoms with van der Waals surface area (Å²) in [6.45, 7) is 13.6. The number of esters is 2. The van der Waals surface area contributed by atoms with Gasteiger partial charge in [0.2, 0.25) is 0 Å². The Morgan fingerprint density at radius 2 is 0.755 bits per heavy atom. The molecule has 2 atom stereocenters. The van der Waals surface area contributed by atoms with Crippen LogP contribution in [0.25, 0.3) is 0 Å². The number of aliphatic hydroxyl groups excluding tert-OH is 1. The van der Waals surface area contributed by atoms with E-state index in [4.69, 9.17) is 18.9 Å². The van der Waals surface area contributed by atoms with Crippen LogP contribution in [0.2, 0.25) is 0 Å². The molecule has 0 rings (SSSR count). The number of carbonyl (C=O) groups excluding carboxylic acids is 2. The molecule has 0 aliphatic carbocycles. The summed E-state index contributed by atoms with van der Waals surface area (Å²) >= 11 is 0. The van der Waals surface area contributed by atoms with E-state index in [0.717, 1.165) is 90.3 Å². The molecule has 316 valence electrons. The molecular formula is C45H89NO7. The van der Waals surface area contributed by atoms with Crippen LogP contribution in [-0.4, -0.2) is 86.8 Å². The summed E-state index contributed by atoms with van der Waals surface area (Å²) in [5.74, 6) is -0.269. The topological polar surface area (TPSA) is 94.5 Å². The van der Waals surface area contributed by atoms with Crippen LogP contribution in [0.3, 0.4) is 0 Å². The Morgan fingerprint density at radius 3 is 1.11 bits per heavy atom. The quantitative estimate of drug-likeness (QED) is 0.0485. The monoisotopic (exact) mass is 756 g/mol. The van der Waals surface area contributed by atoms with Crippen LogP contribution in [0, 0.1) is 0 Å². The number of ether oxygens (including phenoxy) is 4. The largest absolute Gasteiger partial charge is 0.462 e. The van der Waals surface area contributed by atoms with Crippen molar-refractivity contribution < 1.29 is 33.6 Å². The molecule has 0 spiro atoms. The highest BCUT2D eigenvalue weighted by Crippen LogP contribution is 2.18. The molecule has 0 fully saturated rings. The maximum atomic E-state index is 12.6. The van der Waals surface area contributed by atoms with E-state index in [1.807, 2.05) is 0 Å². The van der Waals surface area contributed by atoms with Crippen molar-refractivity contribution in [3.05, 3.63) is 0 Å². The molecule has 0 radical (unpaired) electrons. The lowest BCUT2D eigenvalue weighted by Gasteiger charge is -2.22. The van der Waals surface area contributed by atoms with Crippen molar-refractivity contribution in [3.8, 4) is 0 Å². The Labute approximate surface area is 328 Å². The number of unbranched alkanes of at least 4 members (excludes halogenated alkanes) is 16. The fraction of sp³-hybridized carbons (Fsp3) is 0.956. The smallest absolute Gasteiger partial charge is 0.308 e. The summed E-state index contributed by atoms with van der Waals surface area (Å²) in [6.07, 6.45) is 31.7. The molecule has 0 amide bonds. The first-order valence-electron chi connectivity index (χ1n) is 22.9. The number of hydrogen-bond donors (Lipinski definition) is 1. The summed E-state index contributed by atoms with van der Waals surface area (Å²) in [6, 6.07) is 0. The molecular weight excluding hydrogens is 666 g/mol. The summed E-state index contributed by atoms with van der Waals surface area (Å²) in [4.78, 5) is 27.6. The average Bonchev–Trinajstić information content (AvgIpc) is 3.15. The molecule has 0 saturated heterocycles. The van der Waals surface area contributed by atoms with Gasteiger partial charge in [-0.05, 0) is 70.6 Å². The van der Waals surface area contributed by atoms with E-state index < -0.39 is 0 Å². The normalized spacial score (nSPS) is 12.7. The molecule has 0 saturated carbocycles. The first-order chi connectivity index (χ1) is 26.0. The van der Waals surface area contributed by atoms with Crippen LogP contribution in [0.15, 0.2) is 0 Å². The van der Waals surface area contributed by atoms with Crippen molar-refractivity contribution in [2.75, 3.05) is 52.7 Å². The van der Waals surface area contributed by atoms with Crippen molar-refractivity contribution in [2.45, 2.75) is 226 Å². The van der Waals surface area contributed by atoms with Crippen LogP contribution in [0.5, 0.6) is 0 Å². The first-order valence-corrected chi connectivity index (χ1v) is 22.9. The van der Waals surface area contributed by atoms with Gasteiger partial charge in [-0.2, -0.15) is 0 Å². The molecule has 2 unspecified atom stereocenters. The minimum Gasteiger partial charge on any atom is -0.462 e. The van der Waals surface area contributed by atoms with Gasteiger partial charge in [-0.1, -0.05) is 130 Å². The summed E-state index contributed by atoms with van der Waals surface area (Å²) in [5.41, 5.74) is 0. The van der Waals surface area contributed by atoms with Gasteiger partial charge in [-0.3, -0.25) is 9.59 Å². The van der Waals surface area contributed by atoms with Crippen molar-refractivity contribution >= 4 is 11.9 Å². The third-order valence-electron chi connectivity index (χ3n) is 10.2. The van der Waals surface area contributed by atoms with Gasteiger partial charge in [0.1, 0.15) is 12.2 Å². The highest BCUT2D eigenvalue weighted by Gasteiger charge is 2.16. The fourth-order valence-corrected chi connectivity index (χ4v) is 6.84. The second kappa shape index (κ2) is 41.9. The Balaban J connectivity index is 4.30. The molecule has 0 aromatic carbocycles. The van der Waals surface area contributed by atoms with Gasteiger partial charge in [-0.25, -0.2) is 0 Å². The maximum absolute atomic E-state index is 12.6. The molecule has 0 aliphatic heterocycles. The summed E-state index contributed by atoms with van der Waals surface area (Å²) in [5, 5.41) is 9.39. The zero-order valence-electron chi connectivity index (χ0n) is 35.7. The Bertz CT molecular complexity index is 709. The maximum Gasteiger partial charge on any atom is 0.308 e. The van der Waals surface area contributed by atoms with E-state index in [-0.39, 0.29) is 30.8 Å². The van der Waals surface area contributed by atoms with E-state index in [1.165, 1.54) is 103 Å². The van der Waals surface area contributed by atoms with Gasteiger partial charge < -0.3 is 29.0 Å². The number of aliphatic hydroxyl groups is 1. The number of hydrogen-bond acceptors (Lipinski definition) is 8. The Kier molecular flexibility index (Phi) is 41.0. The molecule has 8 heteroatoms. The van der Waals surface area contributed by atoms with Gasteiger partial charge in [0.05, 0.1) is 26.1 Å². The molecule has 53 heavy (non-hydrogen) atoms. The number of nitrogens with zero attached hydrogens (tertiary/aromatic N) is 1. The molecule has 8 nitrogen and oxygen atoms in total. The highest BCUT2D eigenvalue weighted by atomic mass is 16.6. The van der Waals surface area contributed by atoms with E-state index in [1.54, 1.807) is 0 Å². The zero-order chi connectivity index (χ0) is 38.9. The predicted octanol–water partition coefficient (Wildman–Crippen LogP) is 11.5. The van der Waals surface area contributed by atoms with E-state index >= 15 is 0 Å². The van der Waals surface area contributed by atoms with Crippen molar-refractivity contribution in [1.29, 1.82) is 0 Å². The molecule has 0 aromatic rings. The zero-order valence-corrected chi connectivity index (χ0v) is 35.7. The van der Waals surface area contributed by atoms with Gasteiger partial charge in [0.15, 0.2) is 0 Å². The predicted molar refractivity (Wildman–Crippen MR) is 222 cm³/mol. The van der Waals surface area contributed by atoms with Crippen molar-refractivity contribution in [3.63, 3.8) is 0 Å². The van der Waals surface area contributed by atoms with Gasteiger partial charge >= 0.3 is 11.9 Å². The van der Waals surface area contributed by atoms with Crippen molar-refractivity contribution in [2.24, 2.45) is 0 Å². The van der Waals surface area contributed by atoms with E-state index in [2.05, 4.69) is 32.6 Å². The van der Waals surface area contributed by atoms with Gasteiger partial charge in [0.25, 0.3) is 0 Å². The van der Waals surface area contributed by atoms with Crippen LogP contribution >= 0.6 is 0 Å². The molecule has 1 N–H and O–H groups in total. The van der Waals surface area contributed by atoms with Crippen molar-refractivity contribution in [1.82, 2.24) is 4.90 Å². The number of rotatable bonds is 43. The average molecular weight is 756 g/mol. The SMILES string of the molecule is CCCCCCCCC(CCCCCC)OC(=O)CCOCCCN(CCCO)CCCOCCC(=O)OC(CCCCCC)CCCCCCCC. The summed E-state index contributed by atoms with van der Waals surface area (Å²) in [7, 11) is 0. The third kappa shape index (κ3) is 37.5. The van der Waals surface area contributed by atoms with E-state index in [0.29, 0.717) is 39.3 Å². The second-order valence-corrected chi connectivity index (χ2v) is 15.4. The molecule has 0 heterocycles. The van der Waals surface area contributed by atoms with Gasteiger partial charge in [-0.15, -0.1) is 0 Å². The van der Waals surface area contributed by atoms with Crippen LogP contribution in [-0.2, 0) is 28.5 Å². The fourth-order valence-electron chi connectivity index (χ4n) is 6.84. The van der Waals surface area contributed by atoms with Crippen LogP contribution in [0.1, 0.15) is 214 Å². The molecule has 0 bridgehead atoms. The molecule has 0 aromatic heterocycles. The lowest BCUT2D eigenvalue weighted by Crippen LogP contribution is -2.29. The Morgan fingerprint density at radius 1 is 0.434 bits per heavy atom. The minimum absolute atomic E-state index is 0.0422. The third-order valence-corrected chi connectivity index (χ3v) is 10.2. The highest BCUT2D eigenvalue weighted by molar-refractivity contribution is 5.70. The number of carbonyl (C=O) groups is 2. The van der Waals surface area contributed by atoms with Crippen LogP contribution in [0.4, 0.5) is 0 Å².